The maximum Gasteiger partial charge on any atom is 0.337 e. The lowest BCUT2D eigenvalue weighted by Gasteiger charge is -2.28. The summed E-state index contributed by atoms with van der Waals surface area (Å²) in [6.07, 6.45) is 0.635. The molecule has 0 radical (unpaired) electrons. The van der Waals surface area contributed by atoms with Crippen molar-refractivity contribution >= 4 is 61.4 Å². The van der Waals surface area contributed by atoms with Crippen LogP contribution in [0.15, 0.2) is 60.1 Å². The Kier molecular flexibility index (Phi) is 6.70. The molecular weight excluding hydrogens is 564 g/mol. The molecule has 40 heavy (non-hydrogen) atoms. The fourth-order valence-electron chi connectivity index (χ4n) is 4.74. The number of aliphatic carboxylic acids is 1. The molecular formula is C30H25ClN4O3S2. The van der Waals surface area contributed by atoms with Crippen LogP contribution in [-0.2, 0) is 9.53 Å². The largest absolute Gasteiger partial charge is 0.479 e. The SMILES string of the molecule is Cc1cc2nc(-c3nc(-c4ccc5[nH]ncc5c4)cs3)sc2c(-c2ccc(Cl)cc2)c1[C@H](OC(C)(C)C)C(=O)O. The highest BCUT2D eigenvalue weighted by Crippen LogP contribution is 2.45. The Labute approximate surface area is 243 Å². The lowest BCUT2D eigenvalue weighted by Crippen LogP contribution is -2.28. The average molecular weight is 589 g/mol. The van der Waals surface area contributed by atoms with Gasteiger partial charge in [-0.15, -0.1) is 22.7 Å². The normalized spacial score (nSPS) is 12.8. The van der Waals surface area contributed by atoms with Crippen LogP contribution >= 0.6 is 34.3 Å². The molecule has 7 nitrogen and oxygen atoms in total. The molecule has 1 atom stereocenters. The fourth-order valence-corrected chi connectivity index (χ4v) is 6.85. The molecule has 0 aliphatic rings. The number of carbonyl (C=O) groups is 1. The lowest BCUT2D eigenvalue weighted by molar-refractivity contribution is -0.160. The van der Waals surface area contributed by atoms with Crippen molar-refractivity contribution in [1.29, 1.82) is 0 Å². The number of hydrogen-bond donors (Lipinski definition) is 2. The number of ether oxygens (including phenoxy) is 1. The molecule has 2 N–H and O–H groups in total. The van der Waals surface area contributed by atoms with Crippen molar-refractivity contribution < 1.29 is 14.6 Å². The second-order valence-electron chi connectivity index (χ2n) is 10.5. The number of thiazole rings is 2. The van der Waals surface area contributed by atoms with Gasteiger partial charge in [0.05, 0.1) is 33.2 Å². The summed E-state index contributed by atoms with van der Waals surface area (Å²) in [7, 11) is 0. The summed E-state index contributed by atoms with van der Waals surface area (Å²) >= 11 is 9.24. The number of rotatable bonds is 6. The summed E-state index contributed by atoms with van der Waals surface area (Å²) < 4.78 is 6.98. The van der Waals surface area contributed by atoms with Gasteiger partial charge >= 0.3 is 5.97 Å². The number of fused-ring (bicyclic) bond motifs is 2. The zero-order valence-electron chi connectivity index (χ0n) is 22.2. The van der Waals surface area contributed by atoms with E-state index in [2.05, 4.69) is 16.3 Å². The van der Waals surface area contributed by atoms with Crippen LogP contribution in [0.25, 0.3) is 53.5 Å². The van der Waals surface area contributed by atoms with Gasteiger partial charge in [-0.3, -0.25) is 5.10 Å². The zero-order chi connectivity index (χ0) is 28.2. The third-order valence-electron chi connectivity index (χ3n) is 6.44. The van der Waals surface area contributed by atoms with Gasteiger partial charge < -0.3 is 9.84 Å². The van der Waals surface area contributed by atoms with Crippen LogP contribution in [0.2, 0.25) is 5.02 Å². The van der Waals surface area contributed by atoms with Gasteiger partial charge in [0.1, 0.15) is 0 Å². The second kappa shape index (κ2) is 10.1. The van der Waals surface area contributed by atoms with Crippen molar-refractivity contribution in [1.82, 2.24) is 20.2 Å². The monoisotopic (exact) mass is 588 g/mol. The summed E-state index contributed by atoms with van der Waals surface area (Å²) in [6.45, 7) is 7.47. The van der Waals surface area contributed by atoms with Crippen LogP contribution < -0.4 is 0 Å². The molecule has 3 aromatic carbocycles. The van der Waals surface area contributed by atoms with Gasteiger partial charge in [-0.05, 0) is 69.2 Å². The quantitative estimate of drug-likeness (QED) is 0.202. The summed E-state index contributed by atoms with van der Waals surface area (Å²) in [6, 6.07) is 15.4. The predicted octanol–water partition coefficient (Wildman–Crippen LogP) is 8.53. The summed E-state index contributed by atoms with van der Waals surface area (Å²) in [5.74, 6) is -1.04. The van der Waals surface area contributed by atoms with Crippen LogP contribution in [0.3, 0.4) is 0 Å². The van der Waals surface area contributed by atoms with Crippen LogP contribution in [0.4, 0.5) is 0 Å². The molecule has 0 saturated carbocycles. The van der Waals surface area contributed by atoms with Crippen molar-refractivity contribution in [2.45, 2.75) is 39.4 Å². The number of H-pyrrole nitrogens is 1. The van der Waals surface area contributed by atoms with Gasteiger partial charge in [-0.2, -0.15) is 5.10 Å². The first-order valence-electron chi connectivity index (χ1n) is 12.6. The summed E-state index contributed by atoms with van der Waals surface area (Å²) in [5, 5.41) is 22.6. The molecule has 202 valence electrons. The highest BCUT2D eigenvalue weighted by Gasteiger charge is 2.32. The van der Waals surface area contributed by atoms with E-state index >= 15 is 0 Å². The molecule has 0 unspecified atom stereocenters. The minimum absolute atomic E-state index is 0.601. The molecule has 3 heterocycles. The number of benzene rings is 3. The van der Waals surface area contributed by atoms with Crippen LogP contribution in [-0.4, -0.2) is 36.8 Å². The topological polar surface area (TPSA) is 101 Å². The molecule has 0 fully saturated rings. The third-order valence-corrected chi connectivity index (χ3v) is 8.77. The number of nitrogens with zero attached hydrogens (tertiary/aromatic N) is 3. The van der Waals surface area contributed by atoms with Crippen LogP contribution in [0.1, 0.15) is 38.0 Å². The van der Waals surface area contributed by atoms with E-state index in [-0.39, 0.29) is 0 Å². The fraction of sp³-hybridized carbons (Fsp3) is 0.200. The number of carboxylic acids is 1. The van der Waals surface area contributed by atoms with Crippen LogP contribution in [0, 0.1) is 6.92 Å². The lowest BCUT2D eigenvalue weighted by atomic mass is 9.91. The molecule has 0 saturated heterocycles. The van der Waals surface area contributed by atoms with Crippen molar-refractivity contribution in [3.63, 3.8) is 0 Å². The number of carboxylic acid groups (broad SMARTS) is 1. The number of aromatic nitrogens is 4. The molecule has 3 aromatic heterocycles. The number of hydrogen-bond acceptors (Lipinski definition) is 7. The van der Waals surface area contributed by atoms with E-state index in [1.807, 2.05) is 63.4 Å². The van der Waals surface area contributed by atoms with E-state index in [0.717, 1.165) is 59.1 Å². The Morgan fingerprint density at radius 3 is 2.52 bits per heavy atom. The first kappa shape index (κ1) is 26.6. The van der Waals surface area contributed by atoms with Gasteiger partial charge in [-0.25, -0.2) is 14.8 Å². The number of aryl methyl sites for hydroxylation is 1. The summed E-state index contributed by atoms with van der Waals surface area (Å²) in [5.41, 5.74) is 5.98. The Morgan fingerprint density at radius 2 is 1.80 bits per heavy atom. The summed E-state index contributed by atoms with van der Waals surface area (Å²) in [4.78, 5) is 22.4. The molecule has 6 rings (SSSR count). The van der Waals surface area contributed by atoms with E-state index in [4.69, 9.17) is 26.3 Å². The standard InChI is InChI=1S/C30H25ClN4O3S2/c1-15-11-21-26(24(16-5-8-19(31)9-6-16)23(15)25(29(36)37)38-30(2,3)4)40-28(33-21)27-34-22(14-39-27)17-7-10-20-18(12-17)13-32-35-20/h5-14,25H,1-4H3,(H,32,35)(H,36,37)/t25-/m0/s1. The van der Waals surface area contributed by atoms with E-state index in [9.17, 15) is 9.90 Å². The number of aromatic amines is 1. The molecule has 0 aliphatic heterocycles. The Balaban J connectivity index is 1.52. The van der Waals surface area contributed by atoms with Gasteiger partial charge in [0.2, 0.25) is 0 Å². The minimum Gasteiger partial charge on any atom is -0.479 e. The zero-order valence-corrected chi connectivity index (χ0v) is 24.5. The minimum atomic E-state index is -1.16. The highest BCUT2D eigenvalue weighted by molar-refractivity contribution is 7.25. The Hall–Kier alpha value is -3.63. The molecule has 0 aliphatic carbocycles. The van der Waals surface area contributed by atoms with Crippen molar-refractivity contribution in [2.75, 3.05) is 0 Å². The van der Waals surface area contributed by atoms with Crippen molar-refractivity contribution in [3.05, 3.63) is 76.3 Å². The molecule has 0 spiro atoms. The van der Waals surface area contributed by atoms with Crippen molar-refractivity contribution in [3.8, 4) is 32.4 Å². The Morgan fingerprint density at radius 1 is 1.05 bits per heavy atom. The highest BCUT2D eigenvalue weighted by atomic mass is 35.5. The molecule has 0 bridgehead atoms. The first-order valence-corrected chi connectivity index (χ1v) is 14.6. The van der Waals surface area contributed by atoms with E-state index in [1.54, 1.807) is 18.3 Å². The second-order valence-corrected chi connectivity index (χ2v) is 12.8. The predicted molar refractivity (Wildman–Crippen MR) is 162 cm³/mol. The van der Waals surface area contributed by atoms with E-state index < -0.39 is 17.7 Å². The van der Waals surface area contributed by atoms with Gasteiger partial charge in [0.15, 0.2) is 16.1 Å². The van der Waals surface area contributed by atoms with Gasteiger partial charge in [-0.1, -0.05) is 29.8 Å². The van der Waals surface area contributed by atoms with Crippen LogP contribution in [0.5, 0.6) is 0 Å². The number of nitrogens with one attached hydrogen (secondary N) is 1. The van der Waals surface area contributed by atoms with E-state index in [1.165, 1.54) is 22.7 Å². The third kappa shape index (κ3) is 5.01. The Bertz CT molecular complexity index is 1880. The smallest absolute Gasteiger partial charge is 0.337 e. The number of halogens is 1. The van der Waals surface area contributed by atoms with Crippen molar-refractivity contribution in [2.24, 2.45) is 0 Å². The van der Waals surface area contributed by atoms with E-state index in [0.29, 0.717) is 10.6 Å². The maximum atomic E-state index is 12.6. The first-order chi connectivity index (χ1) is 19.1. The molecule has 10 heteroatoms. The molecule has 0 amide bonds. The maximum absolute atomic E-state index is 12.6. The van der Waals surface area contributed by atoms with Gasteiger partial charge in [0.25, 0.3) is 0 Å². The average Bonchev–Trinajstić information content (AvgIpc) is 3.65. The van der Waals surface area contributed by atoms with Gasteiger partial charge in [0, 0.05) is 32.5 Å². The molecule has 6 aromatic rings.